The highest BCUT2D eigenvalue weighted by Crippen LogP contribution is 2.29. The lowest BCUT2D eigenvalue weighted by atomic mass is 10.1. The maximum Gasteiger partial charge on any atom is 0.224 e. The van der Waals surface area contributed by atoms with Crippen LogP contribution >= 0.6 is 0 Å². The van der Waals surface area contributed by atoms with E-state index < -0.39 is 0 Å². The van der Waals surface area contributed by atoms with Gasteiger partial charge in [-0.15, -0.1) is 0 Å². The number of benzene rings is 5. The number of methoxy groups -OCH3 is 1. The molecule has 5 aromatic rings. The fraction of sp³-hybridized carbons (Fsp3) is 0.184. The summed E-state index contributed by atoms with van der Waals surface area (Å²) in [4.78, 5) is 12.8. The molecule has 0 saturated carbocycles. The Balaban J connectivity index is 1.16. The summed E-state index contributed by atoms with van der Waals surface area (Å²) in [5.41, 5.74) is 5.11. The predicted octanol–water partition coefficient (Wildman–Crippen LogP) is 7.33. The molecule has 5 aromatic carbocycles. The van der Waals surface area contributed by atoms with Gasteiger partial charge in [0.25, 0.3) is 0 Å². The van der Waals surface area contributed by atoms with Crippen molar-refractivity contribution >= 4 is 5.91 Å². The van der Waals surface area contributed by atoms with Crippen molar-refractivity contribution < 1.29 is 23.7 Å². The molecule has 224 valence electrons. The molecular formula is C38H37NO5. The van der Waals surface area contributed by atoms with E-state index in [0.717, 1.165) is 39.3 Å². The highest BCUT2D eigenvalue weighted by atomic mass is 16.5. The van der Waals surface area contributed by atoms with Crippen LogP contribution in [0.5, 0.6) is 23.0 Å². The van der Waals surface area contributed by atoms with Gasteiger partial charge in [-0.2, -0.15) is 0 Å². The van der Waals surface area contributed by atoms with Crippen molar-refractivity contribution in [2.24, 2.45) is 0 Å². The number of amides is 1. The minimum Gasteiger partial charge on any atom is -0.493 e. The number of carbonyl (C=O) groups excluding carboxylic acids is 1. The van der Waals surface area contributed by atoms with Crippen LogP contribution in [-0.4, -0.2) is 19.6 Å². The normalized spacial score (nSPS) is 10.6. The highest BCUT2D eigenvalue weighted by Gasteiger charge is 2.11. The Morgan fingerprint density at radius 2 is 1.07 bits per heavy atom. The molecule has 0 radical (unpaired) electrons. The maximum atomic E-state index is 12.8. The number of nitrogens with one attached hydrogen (secondary N) is 1. The van der Waals surface area contributed by atoms with Gasteiger partial charge in [-0.25, -0.2) is 0 Å². The summed E-state index contributed by atoms with van der Waals surface area (Å²) in [5, 5.41) is 3.04. The van der Waals surface area contributed by atoms with Crippen molar-refractivity contribution in [2.75, 3.05) is 13.7 Å². The third kappa shape index (κ3) is 9.39. The van der Waals surface area contributed by atoms with Gasteiger partial charge < -0.3 is 24.3 Å². The first-order valence-corrected chi connectivity index (χ1v) is 14.7. The van der Waals surface area contributed by atoms with Gasteiger partial charge in [0.15, 0.2) is 11.5 Å². The molecule has 6 heteroatoms. The number of hydrogen-bond donors (Lipinski definition) is 1. The van der Waals surface area contributed by atoms with E-state index in [9.17, 15) is 4.79 Å². The Kier molecular flexibility index (Phi) is 10.9. The Labute approximate surface area is 259 Å². The van der Waals surface area contributed by atoms with E-state index in [4.69, 9.17) is 18.9 Å². The van der Waals surface area contributed by atoms with Gasteiger partial charge in [0.1, 0.15) is 31.3 Å². The topological polar surface area (TPSA) is 66.0 Å². The molecule has 0 heterocycles. The van der Waals surface area contributed by atoms with Crippen LogP contribution in [0.4, 0.5) is 0 Å². The molecule has 1 N–H and O–H groups in total. The van der Waals surface area contributed by atoms with E-state index >= 15 is 0 Å². The zero-order valence-electron chi connectivity index (χ0n) is 24.9. The van der Waals surface area contributed by atoms with E-state index in [1.54, 1.807) is 7.11 Å². The van der Waals surface area contributed by atoms with Gasteiger partial charge in [-0.05, 0) is 58.5 Å². The summed E-state index contributed by atoms with van der Waals surface area (Å²) in [6.45, 7) is 1.83. The first-order valence-electron chi connectivity index (χ1n) is 14.7. The van der Waals surface area contributed by atoms with Crippen molar-refractivity contribution in [1.29, 1.82) is 0 Å². The lowest BCUT2D eigenvalue weighted by molar-refractivity contribution is -0.120. The molecule has 0 aliphatic heterocycles. The van der Waals surface area contributed by atoms with Crippen molar-refractivity contribution in [3.63, 3.8) is 0 Å². The Morgan fingerprint density at radius 1 is 0.545 bits per heavy atom. The lowest BCUT2D eigenvalue weighted by Crippen LogP contribution is -2.27. The van der Waals surface area contributed by atoms with Crippen LogP contribution in [0.3, 0.4) is 0 Å². The second kappa shape index (κ2) is 15.8. The molecule has 1 amide bonds. The molecule has 44 heavy (non-hydrogen) atoms. The summed E-state index contributed by atoms with van der Waals surface area (Å²) >= 11 is 0. The fourth-order valence-electron chi connectivity index (χ4n) is 4.69. The van der Waals surface area contributed by atoms with Gasteiger partial charge >= 0.3 is 0 Å². The first kappa shape index (κ1) is 30.2. The average molecular weight is 588 g/mol. The minimum atomic E-state index is -0.0676. The molecule has 0 aliphatic carbocycles. The SMILES string of the molecule is COc1cc(CC(=O)NCCc2cc(OCc3ccccc3)cc(OCc3ccccc3)c2)ccc1OCc1ccccc1. The number of rotatable bonds is 15. The summed E-state index contributed by atoms with van der Waals surface area (Å²) in [5.74, 6) is 2.62. The summed E-state index contributed by atoms with van der Waals surface area (Å²) in [6.07, 6.45) is 0.868. The highest BCUT2D eigenvalue weighted by molar-refractivity contribution is 5.78. The third-order valence-corrected chi connectivity index (χ3v) is 7.00. The number of carbonyl (C=O) groups is 1. The second-order valence-corrected chi connectivity index (χ2v) is 10.4. The quantitative estimate of drug-likeness (QED) is 0.139. The summed E-state index contributed by atoms with van der Waals surface area (Å²) < 4.78 is 23.7. The van der Waals surface area contributed by atoms with Crippen LogP contribution < -0.4 is 24.3 Å². The summed E-state index contributed by atoms with van der Waals surface area (Å²) in [6, 6.07) is 41.6. The molecule has 0 aromatic heterocycles. The monoisotopic (exact) mass is 587 g/mol. The molecule has 0 bridgehead atoms. The predicted molar refractivity (Wildman–Crippen MR) is 172 cm³/mol. The molecule has 5 rings (SSSR count). The lowest BCUT2D eigenvalue weighted by Gasteiger charge is -2.14. The largest absolute Gasteiger partial charge is 0.493 e. The number of ether oxygens (including phenoxy) is 4. The van der Waals surface area contributed by atoms with Crippen molar-refractivity contribution in [3.8, 4) is 23.0 Å². The molecule has 0 aliphatic rings. The van der Waals surface area contributed by atoms with E-state index in [-0.39, 0.29) is 12.3 Å². The maximum absolute atomic E-state index is 12.8. The zero-order valence-corrected chi connectivity index (χ0v) is 24.9. The van der Waals surface area contributed by atoms with Crippen LogP contribution in [0.25, 0.3) is 0 Å². The van der Waals surface area contributed by atoms with Gasteiger partial charge in [-0.1, -0.05) is 97.1 Å². The third-order valence-electron chi connectivity index (χ3n) is 7.00. The molecule has 0 fully saturated rings. The molecule has 6 nitrogen and oxygen atoms in total. The van der Waals surface area contributed by atoms with Crippen LogP contribution in [-0.2, 0) is 37.5 Å². The molecule has 0 unspecified atom stereocenters. The molecular weight excluding hydrogens is 550 g/mol. The van der Waals surface area contributed by atoms with Gasteiger partial charge in [0, 0.05) is 12.6 Å². The Morgan fingerprint density at radius 3 is 1.59 bits per heavy atom. The number of hydrogen-bond acceptors (Lipinski definition) is 5. The van der Waals surface area contributed by atoms with E-state index in [1.807, 2.05) is 127 Å². The van der Waals surface area contributed by atoms with E-state index in [2.05, 4.69) is 5.32 Å². The van der Waals surface area contributed by atoms with Gasteiger partial charge in [0.2, 0.25) is 5.91 Å². The van der Waals surface area contributed by atoms with Gasteiger partial charge in [-0.3, -0.25) is 4.79 Å². The van der Waals surface area contributed by atoms with Crippen molar-refractivity contribution in [2.45, 2.75) is 32.7 Å². The van der Waals surface area contributed by atoms with Crippen LogP contribution in [0.2, 0.25) is 0 Å². The first-order chi connectivity index (χ1) is 21.6. The molecule has 0 saturated heterocycles. The Hall–Kier alpha value is -5.23. The van der Waals surface area contributed by atoms with E-state index in [0.29, 0.717) is 44.3 Å². The van der Waals surface area contributed by atoms with Gasteiger partial charge in [0.05, 0.1) is 13.5 Å². The van der Waals surface area contributed by atoms with Crippen molar-refractivity contribution in [3.05, 3.63) is 155 Å². The smallest absolute Gasteiger partial charge is 0.224 e. The van der Waals surface area contributed by atoms with E-state index in [1.165, 1.54) is 0 Å². The minimum absolute atomic E-state index is 0.0676. The summed E-state index contributed by atoms with van der Waals surface area (Å²) in [7, 11) is 1.60. The van der Waals surface area contributed by atoms with Crippen LogP contribution in [0, 0.1) is 0 Å². The second-order valence-electron chi connectivity index (χ2n) is 10.4. The molecule has 0 atom stereocenters. The standard InChI is InChI=1S/C38H37NO5/c1-41-37-23-32(17-18-36(37)44-28-31-15-9-4-10-16-31)24-38(40)39-20-19-33-21-34(42-26-29-11-5-2-6-12-29)25-35(22-33)43-27-30-13-7-3-8-14-30/h2-18,21-23,25H,19-20,24,26-28H2,1H3,(H,39,40). The van der Waals surface area contributed by atoms with Crippen molar-refractivity contribution in [1.82, 2.24) is 5.32 Å². The van der Waals surface area contributed by atoms with Crippen LogP contribution in [0.1, 0.15) is 27.8 Å². The fourth-order valence-corrected chi connectivity index (χ4v) is 4.69. The van der Waals surface area contributed by atoms with Crippen LogP contribution in [0.15, 0.2) is 127 Å². The average Bonchev–Trinajstić information content (AvgIpc) is 3.07. The Bertz CT molecular complexity index is 1550. The zero-order chi connectivity index (χ0) is 30.4. The molecule has 0 spiro atoms.